The summed E-state index contributed by atoms with van der Waals surface area (Å²) in [5, 5.41) is 4.77. The number of aromatic nitrogens is 2. The molecule has 4 fully saturated rings. The highest BCUT2D eigenvalue weighted by Gasteiger charge is 2.53. The molecule has 4 aliphatic rings. The summed E-state index contributed by atoms with van der Waals surface area (Å²) >= 11 is 1.55. The molecule has 116 valence electrons. The van der Waals surface area contributed by atoms with E-state index in [1.54, 1.807) is 11.5 Å². The lowest BCUT2D eigenvalue weighted by Crippen LogP contribution is -2.52. The molecule has 4 bridgehead atoms. The first-order chi connectivity index (χ1) is 10.2. The first-order valence-electron chi connectivity index (χ1n) is 8.76. The minimum Gasteiger partial charge on any atom is -0.357 e. The zero-order valence-corrected chi connectivity index (χ0v) is 14.1. The Morgan fingerprint density at radius 2 is 1.81 bits per heavy atom. The molecule has 21 heavy (non-hydrogen) atoms. The molecule has 4 aliphatic carbocycles. The Balaban J connectivity index is 1.47. The second kappa shape index (κ2) is 5.22. The topological polar surface area (TPSA) is 37.8 Å². The van der Waals surface area contributed by atoms with Crippen molar-refractivity contribution in [1.82, 2.24) is 9.36 Å². The van der Waals surface area contributed by atoms with Crippen molar-refractivity contribution in [3.05, 3.63) is 5.82 Å². The van der Waals surface area contributed by atoms with Gasteiger partial charge in [0, 0.05) is 24.0 Å². The van der Waals surface area contributed by atoms with E-state index in [-0.39, 0.29) is 0 Å². The molecule has 4 heteroatoms. The summed E-state index contributed by atoms with van der Waals surface area (Å²) < 4.78 is 4.47. The van der Waals surface area contributed by atoms with Crippen molar-refractivity contribution in [3.8, 4) is 0 Å². The third kappa shape index (κ3) is 2.49. The van der Waals surface area contributed by atoms with Gasteiger partial charge in [-0.25, -0.2) is 4.98 Å². The Hall–Kier alpha value is -0.640. The van der Waals surface area contributed by atoms with Gasteiger partial charge in [-0.15, -0.1) is 0 Å². The van der Waals surface area contributed by atoms with E-state index in [9.17, 15) is 0 Å². The van der Waals surface area contributed by atoms with Crippen LogP contribution in [0.3, 0.4) is 0 Å². The second-order valence-electron chi connectivity index (χ2n) is 7.91. The van der Waals surface area contributed by atoms with Crippen molar-refractivity contribution in [2.45, 2.75) is 71.3 Å². The highest BCUT2D eigenvalue weighted by atomic mass is 32.1. The summed E-state index contributed by atoms with van der Waals surface area (Å²) in [7, 11) is 0. The van der Waals surface area contributed by atoms with Crippen LogP contribution in [0.5, 0.6) is 0 Å². The third-order valence-electron chi connectivity index (χ3n) is 6.29. The zero-order valence-electron chi connectivity index (χ0n) is 13.3. The average Bonchev–Trinajstić information content (AvgIpc) is 2.85. The van der Waals surface area contributed by atoms with Crippen LogP contribution in [-0.2, 0) is 6.42 Å². The molecule has 0 saturated heterocycles. The highest BCUT2D eigenvalue weighted by Crippen LogP contribution is 2.61. The number of anilines is 1. The van der Waals surface area contributed by atoms with Gasteiger partial charge in [-0.05, 0) is 75.0 Å². The van der Waals surface area contributed by atoms with Crippen molar-refractivity contribution in [1.29, 1.82) is 0 Å². The number of aryl methyl sites for hydroxylation is 1. The maximum atomic E-state index is 4.66. The Kier molecular flexibility index (Phi) is 3.48. The van der Waals surface area contributed by atoms with Gasteiger partial charge in [0.05, 0.1) is 0 Å². The van der Waals surface area contributed by atoms with Gasteiger partial charge in [-0.2, -0.15) is 4.37 Å². The molecule has 0 amide bonds. The van der Waals surface area contributed by atoms with Crippen LogP contribution < -0.4 is 5.32 Å². The van der Waals surface area contributed by atoms with Gasteiger partial charge >= 0.3 is 0 Å². The van der Waals surface area contributed by atoms with Crippen LogP contribution in [0.1, 0.15) is 64.6 Å². The first kappa shape index (κ1) is 14.0. The van der Waals surface area contributed by atoms with Crippen LogP contribution in [0.2, 0.25) is 0 Å². The number of rotatable bonds is 5. The van der Waals surface area contributed by atoms with Crippen molar-refractivity contribution < 1.29 is 0 Å². The summed E-state index contributed by atoms with van der Waals surface area (Å²) in [6.45, 7) is 4.58. The van der Waals surface area contributed by atoms with E-state index in [1.807, 2.05) is 0 Å². The summed E-state index contributed by atoms with van der Waals surface area (Å²) in [5.74, 6) is 4.07. The Morgan fingerprint density at radius 1 is 1.19 bits per heavy atom. The van der Waals surface area contributed by atoms with Crippen LogP contribution in [0, 0.1) is 23.2 Å². The average molecular weight is 305 g/mol. The fraction of sp³-hybridized carbons (Fsp3) is 0.882. The number of nitrogens with one attached hydrogen (secondary N) is 1. The smallest absolute Gasteiger partial charge is 0.202 e. The van der Waals surface area contributed by atoms with E-state index in [2.05, 4.69) is 28.5 Å². The summed E-state index contributed by atoms with van der Waals surface area (Å²) in [6.07, 6.45) is 11.0. The molecule has 1 atom stereocenters. The molecule has 0 aromatic carbocycles. The molecule has 5 rings (SSSR count). The lowest BCUT2D eigenvalue weighted by molar-refractivity contribution is -0.0602. The monoisotopic (exact) mass is 305 g/mol. The van der Waals surface area contributed by atoms with E-state index < -0.39 is 0 Å². The molecule has 1 heterocycles. The van der Waals surface area contributed by atoms with Gasteiger partial charge in [-0.1, -0.05) is 6.92 Å². The molecule has 0 spiro atoms. The number of nitrogens with zero attached hydrogens (tertiary/aromatic N) is 2. The summed E-state index contributed by atoms with van der Waals surface area (Å²) in [4.78, 5) is 4.66. The van der Waals surface area contributed by atoms with Crippen molar-refractivity contribution >= 4 is 16.7 Å². The normalized spacial score (nSPS) is 38.7. The lowest BCUT2D eigenvalue weighted by Gasteiger charge is -2.59. The van der Waals surface area contributed by atoms with Gasteiger partial charge in [0.1, 0.15) is 5.82 Å². The van der Waals surface area contributed by atoms with E-state index in [0.717, 1.165) is 41.6 Å². The van der Waals surface area contributed by atoms with Crippen molar-refractivity contribution in [2.75, 3.05) is 5.32 Å². The molecular formula is C17H27N3S. The van der Waals surface area contributed by atoms with Crippen molar-refractivity contribution in [3.63, 3.8) is 0 Å². The molecule has 1 aromatic rings. The van der Waals surface area contributed by atoms with Crippen molar-refractivity contribution in [2.24, 2.45) is 23.2 Å². The Morgan fingerprint density at radius 3 is 2.38 bits per heavy atom. The molecular weight excluding hydrogens is 278 g/mol. The molecule has 3 nitrogen and oxygen atoms in total. The largest absolute Gasteiger partial charge is 0.357 e. The van der Waals surface area contributed by atoms with Crippen LogP contribution in [0.4, 0.5) is 5.13 Å². The molecule has 1 aromatic heterocycles. The molecule has 1 unspecified atom stereocenters. The van der Waals surface area contributed by atoms with Crippen LogP contribution >= 0.6 is 11.5 Å². The van der Waals surface area contributed by atoms with Gasteiger partial charge in [0.25, 0.3) is 0 Å². The van der Waals surface area contributed by atoms with E-state index in [4.69, 9.17) is 0 Å². The molecule has 0 radical (unpaired) electrons. The zero-order chi connectivity index (χ0) is 14.4. The Labute approximate surface area is 132 Å². The SMILES string of the molecule is CCCc1nsc(NC(C)C23CC4CC(CC(C4)C2)C3)n1. The first-order valence-corrected chi connectivity index (χ1v) is 9.53. The quantitative estimate of drug-likeness (QED) is 0.870. The highest BCUT2D eigenvalue weighted by molar-refractivity contribution is 7.09. The molecule has 1 N–H and O–H groups in total. The van der Waals surface area contributed by atoms with Crippen LogP contribution in [0.25, 0.3) is 0 Å². The predicted octanol–water partition coefficient (Wildman–Crippen LogP) is 4.51. The lowest BCUT2D eigenvalue weighted by atomic mass is 9.48. The minimum atomic E-state index is 0.547. The van der Waals surface area contributed by atoms with Gasteiger partial charge in [0.15, 0.2) is 0 Å². The molecule has 4 saturated carbocycles. The second-order valence-corrected chi connectivity index (χ2v) is 8.66. The Bertz CT molecular complexity index is 475. The maximum Gasteiger partial charge on any atom is 0.202 e. The molecule has 0 aliphatic heterocycles. The summed E-state index contributed by atoms with van der Waals surface area (Å²) in [5.41, 5.74) is 0.547. The predicted molar refractivity (Wildman–Crippen MR) is 87.6 cm³/mol. The fourth-order valence-electron chi connectivity index (χ4n) is 5.68. The van der Waals surface area contributed by atoms with Crippen LogP contribution in [-0.4, -0.2) is 15.4 Å². The standard InChI is InChI=1S/C17H27N3S/c1-3-4-15-19-16(21-20-15)18-11(2)17-8-12-5-13(9-17)7-14(6-12)10-17/h11-14H,3-10H2,1-2H3,(H,18,19,20). The van der Waals surface area contributed by atoms with E-state index >= 15 is 0 Å². The summed E-state index contributed by atoms with van der Waals surface area (Å²) in [6, 6.07) is 0.549. The number of hydrogen-bond acceptors (Lipinski definition) is 4. The maximum absolute atomic E-state index is 4.66. The van der Waals surface area contributed by atoms with Gasteiger partial charge in [0.2, 0.25) is 5.13 Å². The number of hydrogen-bond donors (Lipinski definition) is 1. The van der Waals surface area contributed by atoms with E-state index in [1.165, 1.54) is 38.5 Å². The van der Waals surface area contributed by atoms with Crippen LogP contribution in [0.15, 0.2) is 0 Å². The van der Waals surface area contributed by atoms with Gasteiger partial charge < -0.3 is 5.32 Å². The minimum absolute atomic E-state index is 0.547. The fourth-order valence-corrected chi connectivity index (χ4v) is 6.38. The van der Waals surface area contributed by atoms with Gasteiger partial charge in [-0.3, -0.25) is 0 Å². The van der Waals surface area contributed by atoms with E-state index in [0.29, 0.717) is 11.5 Å². The third-order valence-corrected chi connectivity index (χ3v) is 6.97.